The Morgan fingerprint density at radius 3 is 2.67 bits per heavy atom. The predicted octanol–water partition coefficient (Wildman–Crippen LogP) is 3.94. The molecule has 0 radical (unpaired) electrons. The zero-order valence-corrected chi connectivity index (χ0v) is 13.9. The summed E-state index contributed by atoms with van der Waals surface area (Å²) in [6.45, 7) is 1.29. The van der Waals surface area contributed by atoms with E-state index in [0.29, 0.717) is 6.61 Å². The van der Waals surface area contributed by atoms with Crippen molar-refractivity contribution in [3.63, 3.8) is 0 Å². The van der Waals surface area contributed by atoms with Crippen LogP contribution >= 0.6 is 15.9 Å². The van der Waals surface area contributed by atoms with Gasteiger partial charge in [0.05, 0.1) is 19.8 Å². The Kier molecular flexibility index (Phi) is 6.23. The fourth-order valence-electron chi connectivity index (χ4n) is 2.20. The molecule has 0 bridgehead atoms. The van der Waals surface area contributed by atoms with Crippen LogP contribution in [0.25, 0.3) is 0 Å². The normalized spacial score (nSPS) is 12.1. The first-order chi connectivity index (χ1) is 10.2. The van der Waals surface area contributed by atoms with Crippen molar-refractivity contribution in [1.29, 1.82) is 0 Å². The van der Waals surface area contributed by atoms with Crippen LogP contribution in [0.15, 0.2) is 53.0 Å². The molecule has 1 unspecified atom stereocenters. The maximum absolute atomic E-state index is 6.09. The first-order valence-electron chi connectivity index (χ1n) is 6.88. The number of ether oxygens (including phenoxy) is 2. The van der Waals surface area contributed by atoms with Crippen molar-refractivity contribution in [2.45, 2.75) is 12.7 Å². The van der Waals surface area contributed by atoms with Crippen molar-refractivity contribution in [3.05, 3.63) is 64.1 Å². The Labute approximate surface area is 134 Å². The first-order valence-corrected chi connectivity index (χ1v) is 7.67. The van der Waals surface area contributed by atoms with Crippen LogP contribution in [0.1, 0.15) is 17.2 Å². The number of halogens is 1. The van der Waals surface area contributed by atoms with Crippen LogP contribution in [0.2, 0.25) is 0 Å². The third kappa shape index (κ3) is 4.56. The summed E-state index contributed by atoms with van der Waals surface area (Å²) < 4.78 is 12.6. The molecule has 0 spiro atoms. The summed E-state index contributed by atoms with van der Waals surface area (Å²) in [6.07, 6.45) is -0.0508. The minimum Gasteiger partial charge on any atom is -0.496 e. The van der Waals surface area contributed by atoms with Crippen molar-refractivity contribution in [3.8, 4) is 5.75 Å². The summed E-state index contributed by atoms with van der Waals surface area (Å²) in [6, 6.07) is 16.1. The Balaban J connectivity index is 2.12. The number of methoxy groups -OCH3 is 1. The molecule has 0 saturated carbocycles. The van der Waals surface area contributed by atoms with Gasteiger partial charge in [-0.2, -0.15) is 0 Å². The highest BCUT2D eigenvalue weighted by atomic mass is 79.9. The lowest BCUT2D eigenvalue weighted by molar-refractivity contribution is 0.0395. The fraction of sp³-hybridized carbons (Fsp3) is 0.294. The summed E-state index contributed by atoms with van der Waals surface area (Å²) in [5.74, 6) is 0.854. The number of hydrogen-bond donors (Lipinski definition) is 1. The Morgan fingerprint density at radius 1 is 1.14 bits per heavy atom. The molecule has 0 aliphatic carbocycles. The third-order valence-electron chi connectivity index (χ3n) is 3.22. The van der Waals surface area contributed by atoms with Crippen molar-refractivity contribution < 1.29 is 9.47 Å². The van der Waals surface area contributed by atoms with Crippen LogP contribution in [0.4, 0.5) is 0 Å². The second-order valence-electron chi connectivity index (χ2n) is 4.73. The molecular formula is C17H20BrNO2. The monoisotopic (exact) mass is 349 g/mol. The van der Waals surface area contributed by atoms with Gasteiger partial charge in [0.15, 0.2) is 0 Å². The second-order valence-corrected chi connectivity index (χ2v) is 5.64. The Morgan fingerprint density at radius 2 is 1.95 bits per heavy atom. The predicted molar refractivity (Wildman–Crippen MR) is 88.6 cm³/mol. The molecule has 112 valence electrons. The van der Waals surface area contributed by atoms with E-state index < -0.39 is 0 Å². The van der Waals surface area contributed by atoms with Gasteiger partial charge in [0, 0.05) is 16.6 Å². The number of para-hydroxylation sites is 1. The van der Waals surface area contributed by atoms with Crippen LogP contribution in [0, 0.1) is 0 Å². The smallest absolute Gasteiger partial charge is 0.124 e. The summed E-state index contributed by atoms with van der Waals surface area (Å²) in [7, 11) is 3.61. The number of nitrogens with one attached hydrogen (secondary N) is 1. The maximum Gasteiger partial charge on any atom is 0.124 e. The average molecular weight is 350 g/mol. The highest BCUT2D eigenvalue weighted by Crippen LogP contribution is 2.28. The van der Waals surface area contributed by atoms with Gasteiger partial charge in [-0.3, -0.25) is 0 Å². The van der Waals surface area contributed by atoms with Gasteiger partial charge in [-0.15, -0.1) is 0 Å². The van der Waals surface area contributed by atoms with Gasteiger partial charge in [-0.25, -0.2) is 0 Å². The van der Waals surface area contributed by atoms with Crippen molar-refractivity contribution in [2.75, 3.05) is 20.7 Å². The lowest BCUT2D eigenvalue weighted by Gasteiger charge is -2.20. The molecule has 2 rings (SSSR count). The summed E-state index contributed by atoms with van der Waals surface area (Å²) >= 11 is 3.48. The molecular weight excluding hydrogens is 330 g/mol. The third-order valence-corrected chi connectivity index (χ3v) is 3.71. The van der Waals surface area contributed by atoms with Crippen molar-refractivity contribution in [2.24, 2.45) is 0 Å². The molecule has 21 heavy (non-hydrogen) atoms. The van der Waals surface area contributed by atoms with E-state index in [9.17, 15) is 0 Å². The van der Waals surface area contributed by atoms with Gasteiger partial charge in [-0.1, -0.05) is 46.3 Å². The van der Waals surface area contributed by atoms with Crippen LogP contribution in [-0.4, -0.2) is 20.7 Å². The van der Waals surface area contributed by atoms with Gasteiger partial charge in [0.1, 0.15) is 5.75 Å². The van der Waals surface area contributed by atoms with E-state index in [-0.39, 0.29) is 6.10 Å². The molecule has 0 fully saturated rings. The Bertz CT molecular complexity index is 574. The molecule has 0 aliphatic heterocycles. The standard InChI is InChI=1S/C17H20BrNO2/c1-19-11-17(15-8-3-4-9-16(15)20-2)21-12-13-6-5-7-14(18)10-13/h3-10,17,19H,11-12H2,1-2H3. The molecule has 3 nitrogen and oxygen atoms in total. The minimum atomic E-state index is -0.0508. The van der Waals surface area contributed by atoms with Crippen LogP contribution in [0.5, 0.6) is 5.75 Å². The molecule has 2 aromatic carbocycles. The topological polar surface area (TPSA) is 30.5 Å². The molecule has 1 N–H and O–H groups in total. The lowest BCUT2D eigenvalue weighted by Crippen LogP contribution is -2.20. The largest absolute Gasteiger partial charge is 0.496 e. The molecule has 0 aliphatic rings. The summed E-state index contributed by atoms with van der Waals surface area (Å²) in [5.41, 5.74) is 2.20. The van der Waals surface area contributed by atoms with Crippen molar-refractivity contribution >= 4 is 15.9 Å². The lowest BCUT2D eigenvalue weighted by atomic mass is 10.1. The highest BCUT2D eigenvalue weighted by Gasteiger charge is 2.15. The van der Waals surface area contributed by atoms with Crippen LogP contribution in [-0.2, 0) is 11.3 Å². The maximum atomic E-state index is 6.09. The van der Waals surface area contributed by atoms with Gasteiger partial charge in [-0.05, 0) is 30.8 Å². The first kappa shape index (κ1) is 16.0. The number of rotatable bonds is 7. The van der Waals surface area contributed by atoms with Crippen LogP contribution in [0.3, 0.4) is 0 Å². The number of benzene rings is 2. The van der Waals surface area contributed by atoms with E-state index in [1.807, 2.05) is 43.4 Å². The zero-order valence-electron chi connectivity index (χ0n) is 12.3. The van der Waals surface area contributed by atoms with Crippen LogP contribution < -0.4 is 10.1 Å². The fourth-order valence-corrected chi connectivity index (χ4v) is 2.65. The number of likely N-dealkylation sites (N-methyl/N-ethyl adjacent to an activating group) is 1. The highest BCUT2D eigenvalue weighted by molar-refractivity contribution is 9.10. The molecule has 0 amide bonds. The van der Waals surface area contributed by atoms with E-state index in [1.165, 1.54) is 0 Å². The SMILES string of the molecule is CNCC(OCc1cccc(Br)c1)c1ccccc1OC. The molecule has 0 saturated heterocycles. The van der Waals surface area contributed by atoms with Gasteiger partial charge in [0.2, 0.25) is 0 Å². The van der Waals surface area contributed by atoms with Gasteiger partial charge >= 0.3 is 0 Å². The van der Waals surface area contributed by atoms with E-state index in [0.717, 1.165) is 27.9 Å². The van der Waals surface area contributed by atoms with E-state index in [2.05, 4.69) is 33.4 Å². The molecule has 0 heterocycles. The van der Waals surface area contributed by atoms with Gasteiger partial charge < -0.3 is 14.8 Å². The molecule has 1 atom stereocenters. The van der Waals surface area contributed by atoms with E-state index in [4.69, 9.17) is 9.47 Å². The minimum absolute atomic E-state index is 0.0508. The quantitative estimate of drug-likeness (QED) is 0.821. The Hall–Kier alpha value is -1.36. The summed E-state index contributed by atoms with van der Waals surface area (Å²) in [4.78, 5) is 0. The number of hydrogen-bond acceptors (Lipinski definition) is 3. The molecule has 2 aromatic rings. The van der Waals surface area contributed by atoms with Gasteiger partial charge in [0.25, 0.3) is 0 Å². The second kappa shape index (κ2) is 8.17. The van der Waals surface area contributed by atoms with E-state index >= 15 is 0 Å². The van der Waals surface area contributed by atoms with E-state index in [1.54, 1.807) is 7.11 Å². The molecule has 0 aromatic heterocycles. The molecule has 4 heteroatoms. The summed E-state index contributed by atoms with van der Waals surface area (Å²) in [5, 5.41) is 3.18. The zero-order chi connectivity index (χ0) is 15.1. The average Bonchev–Trinajstić information content (AvgIpc) is 2.51. The van der Waals surface area contributed by atoms with Crippen molar-refractivity contribution in [1.82, 2.24) is 5.32 Å².